The van der Waals surface area contributed by atoms with Gasteiger partial charge in [-0.25, -0.2) is 4.79 Å². The summed E-state index contributed by atoms with van der Waals surface area (Å²) in [4.78, 5) is 11.7. The number of hydrogen-bond donors (Lipinski definition) is 1. The van der Waals surface area contributed by atoms with Crippen LogP contribution in [0.15, 0.2) is 6.07 Å². The highest BCUT2D eigenvalue weighted by Gasteiger charge is 2.21. The molecule has 88 valence electrons. The summed E-state index contributed by atoms with van der Waals surface area (Å²) < 4.78 is 4.99. The van der Waals surface area contributed by atoms with E-state index in [1.807, 2.05) is 0 Å². The van der Waals surface area contributed by atoms with Gasteiger partial charge < -0.3 is 10.5 Å². The standard InChI is InChI=1S/C10H10Cl3NO2/c1-4(2)16-10(15)7-8(12)5(11)3-6(14)9(7)13/h3-4H,14H2,1-2H3. The predicted molar refractivity (Wildman–Crippen MR) is 66.4 cm³/mol. The first-order valence-corrected chi connectivity index (χ1v) is 5.62. The first-order valence-electron chi connectivity index (χ1n) is 4.48. The van der Waals surface area contributed by atoms with Crippen molar-refractivity contribution in [1.82, 2.24) is 0 Å². The minimum Gasteiger partial charge on any atom is -0.459 e. The fourth-order valence-electron chi connectivity index (χ4n) is 1.08. The summed E-state index contributed by atoms with van der Waals surface area (Å²) in [6.07, 6.45) is -0.278. The quantitative estimate of drug-likeness (QED) is 0.510. The lowest BCUT2D eigenvalue weighted by Gasteiger charge is -2.12. The van der Waals surface area contributed by atoms with Crippen LogP contribution in [0.2, 0.25) is 15.1 Å². The largest absolute Gasteiger partial charge is 0.459 e. The number of nitrogens with two attached hydrogens (primary N) is 1. The number of anilines is 1. The minimum absolute atomic E-state index is 0.00188. The van der Waals surface area contributed by atoms with Gasteiger partial charge in [0.2, 0.25) is 0 Å². The Hall–Kier alpha value is -0.640. The lowest BCUT2D eigenvalue weighted by molar-refractivity contribution is 0.0378. The Morgan fingerprint density at radius 3 is 2.38 bits per heavy atom. The lowest BCUT2D eigenvalue weighted by atomic mass is 10.2. The number of esters is 1. The van der Waals surface area contributed by atoms with Crippen molar-refractivity contribution in [2.45, 2.75) is 20.0 Å². The van der Waals surface area contributed by atoms with Gasteiger partial charge in [0.25, 0.3) is 0 Å². The number of halogens is 3. The maximum atomic E-state index is 11.7. The van der Waals surface area contributed by atoms with Gasteiger partial charge in [-0.05, 0) is 19.9 Å². The molecule has 0 aliphatic carbocycles. The van der Waals surface area contributed by atoms with Gasteiger partial charge in [0.1, 0.15) is 5.56 Å². The van der Waals surface area contributed by atoms with Crippen molar-refractivity contribution in [2.75, 3.05) is 5.73 Å². The van der Waals surface area contributed by atoms with Crippen LogP contribution in [-0.2, 0) is 4.74 Å². The Kier molecular flexibility index (Phi) is 4.30. The molecule has 1 aromatic rings. The van der Waals surface area contributed by atoms with E-state index < -0.39 is 5.97 Å². The molecule has 0 amide bonds. The molecule has 0 fully saturated rings. The highest BCUT2D eigenvalue weighted by Crippen LogP contribution is 2.36. The fraction of sp³-hybridized carbons (Fsp3) is 0.300. The third-order valence-corrected chi connectivity index (χ3v) is 2.93. The number of benzene rings is 1. The first kappa shape index (κ1) is 13.4. The van der Waals surface area contributed by atoms with Crippen molar-refractivity contribution >= 4 is 46.5 Å². The molecule has 0 aromatic heterocycles. The Morgan fingerprint density at radius 1 is 1.31 bits per heavy atom. The fourth-order valence-corrected chi connectivity index (χ4v) is 1.79. The molecule has 0 spiro atoms. The van der Waals surface area contributed by atoms with Crippen LogP contribution in [0.5, 0.6) is 0 Å². The molecule has 0 saturated heterocycles. The average molecular weight is 283 g/mol. The monoisotopic (exact) mass is 281 g/mol. The van der Waals surface area contributed by atoms with Crippen LogP contribution in [0, 0.1) is 0 Å². The Labute approximate surface area is 108 Å². The zero-order valence-corrected chi connectivity index (χ0v) is 11.0. The molecular formula is C10H10Cl3NO2. The van der Waals surface area contributed by atoms with E-state index in [0.717, 1.165) is 0 Å². The molecule has 3 nitrogen and oxygen atoms in total. The van der Waals surface area contributed by atoms with Gasteiger partial charge >= 0.3 is 5.97 Å². The normalized spacial score (nSPS) is 10.6. The van der Waals surface area contributed by atoms with E-state index >= 15 is 0 Å². The highest BCUT2D eigenvalue weighted by molar-refractivity contribution is 6.47. The molecule has 16 heavy (non-hydrogen) atoms. The molecule has 0 unspecified atom stereocenters. The molecule has 0 aliphatic heterocycles. The number of ether oxygens (including phenoxy) is 1. The third-order valence-electron chi connectivity index (χ3n) is 1.73. The van der Waals surface area contributed by atoms with E-state index in [9.17, 15) is 4.79 Å². The van der Waals surface area contributed by atoms with Gasteiger partial charge in [-0.2, -0.15) is 0 Å². The molecule has 1 aromatic carbocycles. The average Bonchev–Trinajstić information content (AvgIpc) is 2.14. The van der Waals surface area contributed by atoms with E-state index in [4.69, 9.17) is 45.3 Å². The van der Waals surface area contributed by atoms with Crippen molar-refractivity contribution in [3.05, 3.63) is 26.7 Å². The third kappa shape index (κ3) is 2.73. The summed E-state index contributed by atoms with van der Waals surface area (Å²) in [5.74, 6) is -0.640. The van der Waals surface area contributed by atoms with Crippen molar-refractivity contribution in [3.63, 3.8) is 0 Å². The summed E-state index contributed by atoms with van der Waals surface area (Å²) >= 11 is 17.5. The minimum atomic E-state index is -0.640. The van der Waals surface area contributed by atoms with Crippen LogP contribution in [-0.4, -0.2) is 12.1 Å². The van der Waals surface area contributed by atoms with Crippen LogP contribution in [0.3, 0.4) is 0 Å². The zero-order chi connectivity index (χ0) is 12.5. The highest BCUT2D eigenvalue weighted by atomic mass is 35.5. The number of carbonyl (C=O) groups excluding carboxylic acids is 1. The molecule has 0 saturated carbocycles. The molecule has 6 heteroatoms. The molecule has 0 atom stereocenters. The van der Waals surface area contributed by atoms with E-state index in [0.29, 0.717) is 0 Å². The summed E-state index contributed by atoms with van der Waals surface area (Å²) in [5, 5.41) is 0.269. The second-order valence-electron chi connectivity index (χ2n) is 3.40. The van der Waals surface area contributed by atoms with Crippen LogP contribution in [0.25, 0.3) is 0 Å². The molecule has 1 rings (SSSR count). The molecule has 2 N–H and O–H groups in total. The van der Waals surface area contributed by atoms with Crippen molar-refractivity contribution in [3.8, 4) is 0 Å². The lowest BCUT2D eigenvalue weighted by Crippen LogP contribution is -2.13. The molecular weight excluding hydrogens is 272 g/mol. The molecule has 0 aliphatic rings. The van der Waals surface area contributed by atoms with Crippen molar-refractivity contribution in [2.24, 2.45) is 0 Å². The van der Waals surface area contributed by atoms with E-state index in [-0.39, 0.29) is 32.4 Å². The summed E-state index contributed by atoms with van der Waals surface area (Å²) in [7, 11) is 0. The molecule has 0 bridgehead atoms. The zero-order valence-electron chi connectivity index (χ0n) is 8.68. The first-order chi connectivity index (χ1) is 7.34. The Bertz CT molecular complexity index is 406. The van der Waals surface area contributed by atoms with E-state index in [2.05, 4.69) is 0 Å². The van der Waals surface area contributed by atoms with Gasteiger partial charge in [-0.3, -0.25) is 0 Å². The van der Waals surface area contributed by atoms with Crippen molar-refractivity contribution in [1.29, 1.82) is 0 Å². The van der Waals surface area contributed by atoms with Crippen LogP contribution in [0.1, 0.15) is 24.2 Å². The topological polar surface area (TPSA) is 52.3 Å². The van der Waals surface area contributed by atoms with E-state index in [1.165, 1.54) is 6.07 Å². The summed E-state index contributed by atoms with van der Waals surface area (Å²) in [6, 6.07) is 1.39. The van der Waals surface area contributed by atoms with Gasteiger partial charge in [-0.1, -0.05) is 34.8 Å². The van der Waals surface area contributed by atoms with Gasteiger partial charge in [0.15, 0.2) is 0 Å². The molecule has 0 heterocycles. The van der Waals surface area contributed by atoms with Crippen LogP contribution < -0.4 is 5.73 Å². The number of nitrogen functional groups attached to an aromatic ring is 1. The number of carbonyl (C=O) groups is 1. The number of hydrogen-bond acceptors (Lipinski definition) is 3. The Morgan fingerprint density at radius 2 is 1.88 bits per heavy atom. The van der Waals surface area contributed by atoms with Crippen LogP contribution in [0.4, 0.5) is 5.69 Å². The predicted octanol–water partition coefficient (Wildman–Crippen LogP) is 3.79. The summed E-state index contributed by atoms with van der Waals surface area (Å²) in [6.45, 7) is 3.43. The maximum absolute atomic E-state index is 11.7. The smallest absolute Gasteiger partial charge is 0.341 e. The van der Waals surface area contributed by atoms with E-state index in [1.54, 1.807) is 13.8 Å². The van der Waals surface area contributed by atoms with Gasteiger partial charge in [0, 0.05) is 0 Å². The van der Waals surface area contributed by atoms with Gasteiger partial charge in [0.05, 0.1) is 26.9 Å². The van der Waals surface area contributed by atoms with Gasteiger partial charge in [-0.15, -0.1) is 0 Å². The number of rotatable bonds is 2. The second-order valence-corrected chi connectivity index (χ2v) is 4.57. The summed E-state index contributed by atoms with van der Waals surface area (Å²) in [5.41, 5.74) is 5.76. The second kappa shape index (κ2) is 5.13. The Balaban J connectivity index is 3.27. The van der Waals surface area contributed by atoms with Crippen LogP contribution >= 0.6 is 34.8 Å². The van der Waals surface area contributed by atoms with Crippen molar-refractivity contribution < 1.29 is 9.53 Å². The SMILES string of the molecule is CC(C)OC(=O)c1c(Cl)c(N)cc(Cl)c1Cl. The maximum Gasteiger partial charge on any atom is 0.341 e. The molecule has 0 radical (unpaired) electrons.